The first-order chi connectivity index (χ1) is 6.74. The molecular weight excluding hydrogens is 190 g/mol. The molecule has 0 fully saturated rings. The summed E-state index contributed by atoms with van der Waals surface area (Å²) < 4.78 is 0. The van der Waals surface area contributed by atoms with Crippen LogP contribution in [0.3, 0.4) is 0 Å². The molecule has 76 valence electrons. The Morgan fingerprint density at radius 3 is 2.71 bits per heavy atom. The highest BCUT2D eigenvalue weighted by Crippen LogP contribution is 2.18. The second-order valence-corrected chi connectivity index (χ2v) is 3.93. The van der Waals surface area contributed by atoms with Crippen LogP contribution in [-0.4, -0.2) is 5.04 Å². The SMILES string of the molecule is CCCC/C(S)=N\c1ccccc1C. The smallest absolute Gasteiger partial charge is 0.0708 e. The van der Waals surface area contributed by atoms with Gasteiger partial charge in [-0.3, -0.25) is 0 Å². The number of para-hydroxylation sites is 1. The molecule has 0 saturated carbocycles. The molecule has 0 aromatic heterocycles. The van der Waals surface area contributed by atoms with Gasteiger partial charge < -0.3 is 0 Å². The van der Waals surface area contributed by atoms with Gasteiger partial charge in [-0.05, 0) is 31.4 Å². The van der Waals surface area contributed by atoms with Crippen molar-refractivity contribution in [2.45, 2.75) is 33.1 Å². The zero-order chi connectivity index (χ0) is 10.4. The second kappa shape index (κ2) is 5.86. The third-order valence-electron chi connectivity index (χ3n) is 2.12. The highest BCUT2D eigenvalue weighted by molar-refractivity contribution is 7.97. The van der Waals surface area contributed by atoms with E-state index in [1.54, 1.807) is 0 Å². The maximum atomic E-state index is 4.48. The largest absolute Gasteiger partial charge is 0.247 e. The Hall–Kier alpha value is -0.760. The summed E-state index contributed by atoms with van der Waals surface area (Å²) in [6.45, 7) is 4.24. The van der Waals surface area contributed by atoms with Crippen LogP contribution in [0.15, 0.2) is 29.3 Å². The molecular formula is C12H17NS. The van der Waals surface area contributed by atoms with Crippen LogP contribution in [0.25, 0.3) is 0 Å². The number of aliphatic imine (C=N–C) groups is 1. The predicted molar refractivity (Wildman–Crippen MR) is 66.8 cm³/mol. The Labute approximate surface area is 91.7 Å². The van der Waals surface area contributed by atoms with Gasteiger partial charge in [-0.2, -0.15) is 0 Å². The molecule has 1 rings (SSSR count). The molecule has 2 heteroatoms. The van der Waals surface area contributed by atoms with E-state index in [4.69, 9.17) is 0 Å². The Balaban J connectivity index is 2.71. The molecule has 14 heavy (non-hydrogen) atoms. The molecule has 0 aliphatic carbocycles. The van der Waals surface area contributed by atoms with E-state index in [2.05, 4.69) is 37.5 Å². The normalized spacial score (nSPS) is 11.8. The molecule has 0 bridgehead atoms. The number of unbranched alkanes of at least 4 members (excludes halogenated alkanes) is 1. The van der Waals surface area contributed by atoms with Crippen molar-refractivity contribution in [3.63, 3.8) is 0 Å². The Morgan fingerprint density at radius 2 is 2.07 bits per heavy atom. The molecule has 0 aliphatic rings. The maximum Gasteiger partial charge on any atom is 0.0708 e. The van der Waals surface area contributed by atoms with Gasteiger partial charge in [0.1, 0.15) is 0 Å². The molecule has 0 aliphatic heterocycles. The fourth-order valence-electron chi connectivity index (χ4n) is 1.22. The fourth-order valence-corrected chi connectivity index (χ4v) is 1.48. The quantitative estimate of drug-likeness (QED) is 0.433. The van der Waals surface area contributed by atoms with Gasteiger partial charge in [0.05, 0.1) is 10.7 Å². The van der Waals surface area contributed by atoms with Crippen LogP contribution in [-0.2, 0) is 0 Å². The van der Waals surface area contributed by atoms with Crippen molar-refractivity contribution < 1.29 is 0 Å². The van der Waals surface area contributed by atoms with E-state index in [9.17, 15) is 0 Å². The van der Waals surface area contributed by atoms with Gasteiger partial charge >= 0.3 is 0 Å². The zero-order valence-corrected chi connectivity index (χ0v) is 9.72. The van der Waals surface area contributed by atoms with Gasteiger partial charge in [0.15, 0.2) is 0 Å². The number of nitrogens with zero attached hydrogens (tertiary/aromatic N) is 1. The number of rotatable bonds is 4. The predicted octanol–water partition coefficient (Wildman–Crippen LogP) is 4.15. The number of hydrogen-bond donors (Lipinski definition) is 1. The van der Waals surface area contributed by atoms with Crippen LogP contribution >= 0.6 is 12.6 Å². The number of benzene rings is 1. The lowest BCUT2D eigenvalue weighted by molar-refractivity contribution is 0.840. The first kappa shape index (κ1) is 11.3. The third-order valence-corrected chi connectivity index (χ3v) is 2.44. The Bertz CT molecular complexity index is 318. The van der Waals surface area contributed by atoms with Crippen molar-refractivity contribution in [1.82, 2.24) is 0 Å². The van der Waals surface area contributed by atoms with Crippen molar-refractivity contribution >= 4 is 23.4 Å². The number of hydrogen-bond acceptors (Lipinski definition) is 1. The second-order valence-electron chi connectivity index (χ2n) is 3.42. The van der Waals surface area contributed by atoms with Crippen LogP contribution in [0, 0.1) is 6.92 Å². The first-order valence-electron chi connectivity index (χ1n) is 5.06. The van der Waals surface area contributed by atoms with E-state index in [0.29, 0.717) is 0 Å². The number of aryl methyl sites for hydroxylation is 1. The van der Waals surface area contributed by atoms with Gasteiger partial charge in [0.2, 0.25) is 0 Å². The third kappa shape index (κ3) is 3.54. The summed E-state index contributed by atoms with van der Waals surface area (Å²) in [5.41, 5.74) is 2.24. The van der Waals surface area contributed by atoms with Crippen molar-refractivity contribution in [2.24, 2.45) is 4.99 Å². The standard InChI is InChI=1S/C12H17NS/c1-3-4-9-12(14)13-11-8-6-5-7-10(11)2/h5-8H,3-4,9H2,1-2H3,(H,13,14). The van der Waals surface area contributed by atoms with Crippen molar-refractivity contribution in [1.29, 1.82) is 0 Å². The van der Waals surface area contributed by atoms with Crippen LogP contribution in [0.4, 0.5) is 5.69 Å². The first-order valence-corrected chi connectivity index (χ1v) is 5.51. The fraction of sp³-hybridized carbons (Fsp3) is 0.417. The highest BCUT2D eigenvalue weighted by atomic mass is 32.1. The lowest BCUT2D eigenvalue weighted by Crippen LogP contribution is -1.87. The summed E-state index contributed by atoms with van der Waals surface area (Å²) in [5.74, 6) is 0. The van der Waals surface area contributed by atoms with Crippen molar-refractivity contribution in [3.05, 3.63) is 29.8 Å². The van der Waals surface area contributed by atoms with Crippen molar-refractivity contribution in [2.75, 3.05) is 0 Å². The molecule has 0 unspecified atom stereocenters. The lowest BCUT2D eigenvalue weighted by Gasteiger charge is -2.01. The molecule has 0 saturated heterocycles. The molecule has 0 atom stereocenters. The molecule has 0 amide bonds. The van der Waals surface area contributed by atoms with E-state index in [-0.39, 0.29) is 0 Å². The van der Waals surface area contributed by atoms with Crippen molar-refractivity contribution in [3.8, 4) is 0 Å². The molecule has 0 heterocycles. The van der Waals surface area contributed by atoms with Gasteiger partial charge in [0.25, 0.3) is 0 Å². The van der Waals surface area contributed by atoms with Crippen LogP contribution in [0.1, 0.15) is 31.7 Å². The summed E-state index contributed by atoms with van der Waals surface area (Å²) >= 11 is 4.37. The molecule has 1 aromatic carbocycles. The van der Waals surface area contributed by atoms with Gasteiger partial charge in [0, 0.05) is 0 Å². The van der Waals surface area contributed by atoms with E-state index >= 15 is 0 Å². The van der Waals surface area contributed by atoms with E-state index in [1.165, 1.54) is 12.0 Å². The minimum atomic E-state index is 0.932. The maximum absolute atomic E-state index is 4.48. The number of thiol groups is 1. The van der Waals surface area contributed by atoms with Crippen LogP contribution in [0.2, 0.25) is 0 Å². The van der Waals surface area contributed by atoms with Crippen LogP contribution < -0.4 is 0 Å². The molecule has 0 spiro atoms. The molecule has 0 N–H and O–H groups in total. The lowest BCUT2D eigenvalue weighted by atomic mass is 10.2. The molecule has 1 aromatic rings. The highest BCUT2D eigenvalue weighted by Gasteiger charge is 1.96. The van der Waals surface area contributed by atoms with E-state index in [1.807, 2.05) is 18.2 Å². The summed E-state index contributed by atoms with van der Waals surface area (Å²) in [6.07, 6.45) is 3.33. The van der Waals surface area contributed by atoms with Crippen LogP contribution in [0.5, 0.6) is 0 Å². The van der Waals surface area contributed by atoms with E-state index < -0.39 is 0 Å². The monoisotopic (exact) mass is 207 g/mol. The zero-order valence-electron chi connectivity index (χ0n) is 8.83. The average Bonchev–Trinajstić information content (AvgIpc) is 2.18. The van der Waals surface area contributed by atoms with Gasteiger partial charge in [-0.25, -0.2) is 4.99 Å². The van der Waals surface area contributed by atoms with Gasteiger partial charge in [-0.1, -0.05) is 31.5 Å². The topological polar surface area (TPSA) is 12.4 Å². The summed E-state index contributed by atoms with van der Waals surface area (Å²) in [6, 6.07) is 8.13. The molecule has 0 radical (unpaired) electrons. The minimum Gasteiger partial charge on any atom is -0.247 e. The summed E-state index contributed by atoms with van der Waals surface area (Å²) in [7, 11) is 0. The van der Waals surface area contributed by atoms with E-state index in [0.717, 1.165) is 23.6 Å². The van der Waals surface area contributed by atoms with Gasteiger partial charge in [-0.15, -0.1) is 12.6 Å². The minimum absolute atomic E-state index is 0.932. The summed E-state index contributed by atoms with van der Waals surface area (Å²) in [5, 5.41) is 0.932. The Kier molecular flexibility index (Phi) is 4.74. The Morgan fingerprint density at radius 1 is 1.36 bits per heavy atom. The average molecular weight is 207 g/mol. The summed E-state index contributed by atoms with van der Waals surface area (Å²) in [4.78, 5) is 4.48. The molecule has 1 nitrogen and oxygen atoms in total.